The number of pyridine rings is 1. The number of aromatic nitrogens is 1. The van der Waals surface area contributed by atoms with Crippen LogP contribution in [0.3, 0.4) is 0 Å². The van der Waals surface area contributed by atoms with Crippen molar-refractivity contribution >= 4 is 0 Å². The number of halogens is 1. The van der Waals surface area contributed by atoms with Gasteiger partial charge in [-0.2, -0.15) is 0 Å². The molecule has 5 heteroatoms. The maximum atomic E-state index is 13.5. The van der Waals surface area contributed by atoms with Crippen molar-refractivity contribution in [2.45, 2.75) is 13.0 Å². The van der Waals surface area contributed by atoms with E-state index in [0.717, 1.165) is 17.7 Å². The quantitative estimate of drug-likeness (QED) is 0.888. The van der Waals surface area contributed by atoms with Crippen molar-refractivity contribution in [3.05, 3.63) is 53.6 Å². The van der Waals surface area contributed by atoms with Crippen LogP contribution >= 0.6 is 0 Å². The van der Waals surface area contributed by atoms with E-state index >= 15 is 0 Å². The highest BCUT2D eigenvalue weighted by molar-refractivity contribution is 5.50. The van der Waals surface area contributed by atoms with Crippen LogP contribution in [0.1, 0.15) is 24.1 Å². The minimum atomic E-state index is -0.364. The highest BCUT2D eigenvalue weighted by atomic mass is 19.1. The van der Waals surface area contributed by atoms with Gasteiger partial charge in [0.05, 0.1) is 26.5 Å². The molecule has 0 aliphatic carbocycles. The van der Waals surface area contributed by atoms with E-state index in [1.807, 2.05) is 25.1 Å². The average molecular weight is 290 g/mol. The Morgan fingerprint density at radius 1 is 1.24 bits per heavy atom. The smallest absolute Gasteiger partial charge is 0.165 e. The van der Waals surface area contributed by atoms with Gasteiger partial charge in [0.25, 0.3) is 0 Å². The Morgan fingerprint density at radius 3 is 2.67 bits per heavy atom. The topological polar surface area (TPSA) is 43.4 Å². The van der Waals surface area contributed by atoms with E-state index in [4.69, 9.17) is 9.47 Å². The number of rotatable bonds is 6. The number of nitrogens with zero attached hydrogens (tertiary/aromatic N) is 1. The van der Waals surface area contributed by atoms with Crippen LogP contribution in [0.25, 0.3) is 0 Å². The fourth-order valence-corrected chi connectivity index (χ4v) is 2.34. The van der Waals surface area contributed by atoms with Gasteiger partial charge < -0.3 is 14.8 Å². The van der Waals surface area contributed by atoms with Crippen molar-refractivity contribution < 1.29 is 13.9 Å². The van der Waals surface area contributed by atoms with E-state index in [0.29, 0.717) is 11.5 Å². The summed E-state index contributed by atoms with van der Waals surface area (Å²) < 4.78 is 24.3. The minimum absolute atomic E-state index is 0.219. The number of hydrogen-bond donors (Lipinski definition) is 1. The Hall–Kier alpha value is -2.14. The summed E-state index contributed by atoms with van der Waals surface area (Å²) >= 11 is 0. The van der Waals surface area contributed by atoms with Crippen molar-refractivity contribution in [2.75, 3.05) is 20.8 Å². The molecule has 2 rings (SSSR count). The van der Waals surface area contributed by atoms with Crippen LogP contribution in [-0.4, -0.2) is 25.7 Å². The summed E-state index contributed by atoms with van der Waals surface area (Å²) in [6, 6.07) is 6.89. The van der Waals surface area contributed by atoms with Crippen LogP contribution in [0.5, 0.6) is 11.5 Å². The van der Waals surface area contributed by atoms with Gasteiger partial charge in [-0.3, -0.25) is 4.98 Å². The van der Waals surface area contributed by atoms with Crippen LogP contribution in [-0.2, 0) is 0 Å². The Kier molecular flexibility index (Phi) is 5.11. The lowest BCUT2D eigenvalue weighted by Gasteiger charge is -2.22. The van der Waals surface area contributed by atoms with Gasteiger partial charge in [-0.1, -0.05) is 19.1 Å². The molecule has 0 saturated carbocycles. The van der Waals surface area contributed by atoms with Gasteiger partial charge in [0.2, 0.25) is 0 Å². The van der Waals surface area contributed by atoms with E-state index in [-0.39, 0.29) is 11.9 Å². The van der Waals surface area contributed by atoms with Crippen molar-refractivity contribution in [2.24, 2.45) is 0 Å². The van der Waals surface area contributed by atoms with E-state index in [2.05, 4.69) is 10.3 Å². The number of ether oxygens (including phenoxy) is 2. The van der Waals surface area contributed by atoms with Gasteiger partial charge in [0.15, 0.2) is 11.5 Å². The van der Waals surface area contributed by atoms with E-state index in [1.54, 1.807) is 20.4 Å². The normalized spacial score (nSPS) is 12.0. The Labute approximate surface area is 123 Å². The van der Waals surface area contributed by atoms with Gasteiger partial charge in [-0.25, -0.2) is 4.39 Å². The fourth-order valence-electron chi connectivity index (χ4n) is 2.34. The van der Waals surface area contributed by atoms with Crippen molar-refractivity contribution in [1.29, 1.82) is 0 Å². The van der Waals surface area contributed by atoms with E-state index < -0.39 is 0 Å². The van der Waals surface area contributed by atoms with Crippen LogP contribution < -0.4 is 14.8 Å². The number of para-hydroxylation sites is 1. The second-order valence-electron chi connectivity index (χ2n) is 4.51. The molecule has 0 radical (unpaired) electrons. The van der Waals surface area contributed by atoms with Gasteiger partial charge in [0, 0.05) is 11.8 Å². The Balaban J connectivity index is 2.52. The molecule has 1 atom stereocenters. The molecule has 1 unspecified atom stereocenters. The van der Waals surface area contributed by atoms with E-state index in [1.165, 1.54) is 12.3 Å². The lowest BCUT2D eigenvalue weighted by atomic mass is 9.98. The first-order valence-corrected chi connectivity index (χ1v) is 6.76. The second-order valence-corrected chi connectivity index (χ2v) is 4.51. The summed E-state index contributed by atoms with van der Waals surface area (Å²) in [5.74, 6) is 0.912. The molecule has 1 aromatic carbocycles. The molecule has 4 nitrogen and oxygen atoms in total. The molecule has 2 aromatic rings. The third-order valence-corrected chi connectivity index (χ3v) is 3.21. The molecule has 0 amide bonds. The molecule has 0 spiro atoms. The third-order valence-electron chi connectivity index (χ3n) is 3.21. The monoisotopic (exact) mass is 290 g/mol. The predicted octanol–water partition coefficient (Wildman–Crippen LogP) is 2.94. The lowest BCUT2D eigenvalue weighted by molar-refractivity contribution is 0.349. The zero-order valence-corrected chi connectivity index (χ0v) is 12.4. The molecule has 0 bridgehead atoms. The molecule has 0 aliphatic rings. The first-order valence-electron chi connectivity index (χ1n) is 6.76. The Morgan fingerprint density at radius 2 is 2.05 bits per heavy atom. The highest BCUT2D eigenvalue weighted by Crippen LogP contribution is 2.37. The zero-order chi connectivity index (χ0) is 15.2. The zero-order valence-electron chi connectivity index (χ0n) is 12.4. The predicted molar refractivity (Wildman–Crippen MR) is 79.3 cm³/mol. The standard InChI is InChI=1S/C16H19FN2O2/c1-4-19-15(11-8-12(17)10-18-9-11)13-6-5-7-14(20-2)16(13)21-3/h5-10,15,19H,4H2,1-3H3. The molecular formula is C16H19FN2O2. The maximum Gasteiger partial charge on any atom is 0.165 e. The molecule has 1 heterocycles. The van der Waals surface area contributed by atoms with Crippen LogP contribution in [0.15, 0.2) is 36.7 Å². The minimum Gasteiger partial charge on any atom is -0.493 e. The summed E-state index contributed by atoms with van der Waals surface area (Å²) in [5, 5.41) is 3.33. The Bertz CT molecular complexity index is 605. The summed E-state index contributed by atoms with van der Waals surface area (Å²) in [4.78, 5) is 3.92. The van der Waals surface area contributed by atoms with Crippen molar-refractivity contribution in [3.8, 4) is 11.5 Å². The molecule has 0 fully saturated rings. The largest absolute Gasteiger partial charge is 0.493 e. The number of hydrogen-bond acceptors (Lipinski definition) is 4. The van der Waals surface area contributed by atoms with Gasteiger partial charge >= 0.3 is 0 Å². The van der Waals surface area contributed by atoms with Crippen LogP contribution in [0, 0.1) is 5.82 Å². The first kappa shape index (κ1) is 15.3. The average Bonchev–Trinajstić information content (AvgIpc) is 2.51. The molecular weight excluding hydrogens is 271 g/mol. The van der Waals surface area contributed by atoms with E-state index in [9.17, 15) is 4.39 Å². The molecule has 1 aromatic heterocycles. The molecule has 0 aliphatic heterocycles. The molecule has 112 valence electrons. The lowest BCUT2D eigenvalue weighted by Crippen LogP contribution is -2.23. The maximum absolute atomic E-state index is 13.5. The summed E-state index contributed by atoms with van der Waals surface area (Å²) in [5.41, 5.74) is 1.62. The number of benzene rings is 1. The summed E-state index contributed by atoms with van der Waals surface area (Å²) in [6.45, 7) is 2.72. The first-order chi connectivity index (χ1) is 10.2. The summed E-state index contributed by atoms with van der Waals surface area (Å²) in [6.07, 6.45) is 2.84. The molecule has 0 saturated heterocycles. The number of methoxy groups -OCH3 is 2. The third kappa shape index (κ3) is 3.31. The molecule has 21 heavy (non-hydrogen) atoms. The van der Waals surface area contributed by atoms with Crippen molar-refractivity contribution in [1.82, 2.24) is 10.3 Å². The van der Waals surface area contributed by atoms with Crippen LogP contribution in [0.4, 0.5) is 4.39 Å². The van der Waals surface area contributed by atoms with Gasteiger partial charge in [-0.05, 0) is 24.2 Å². The highest BCUT2D eigenvalue weighted by Gasteiger charge is 2.20. The fraction of sp³-hybridized carbons (Fsp3) is 0.312. The van der Waals surface area contributed by atoms with Gasteiger partial charge in [-0.15, -0.1) is 0 Å². The SMILES string of the molecule is CCNC(c1cncc(F)c1)c1cccc(OC)c1OC. The van der Waals surface area contributed by atoms with Gasteiger partial charge in [0.1, 0.15) is 5.82 Å². The summed E-state index contributed by atoms with van der Waals surface area (Å²) in [7, 11) is 3.18. The van der Waals surface area contributed by atoms with Crippen LogP contribution in [0.2, 0.25) is 0 Å². The van der Waals surface area contributed by atoms with Crippen molar-refractivity contribution in [3.63, 3.8) is 0 Å². The second kappa shape index (κ2) is 7.04. The molecule has 1 N–H and O–H groups in total. The number of nitrogens with one attached hydrogen (secondary N) is 1.